The Morgan fingerprint density at radius 2 is 2.00 bits per heavy atom. The summed E-state index contributed by atoms with van der Waals surface area (Å²) in [7, 11) is 0. The van der Waals surface area contributed by atoms with Crippen molar-refractivity contribution in [3.05, 3.63) is 70.6 Å². The maximum atomic E-state index is 13.1. The summed E-state index contributed by atoms with van der Waals surface area (Å²) in [6.45, 7) is 2.37. The van der Waals surface area contributed by atoms with Crippen LogP contribution in [0.1, 0.15) is 21.7 Å². The number of aliphatic hydroxyl groups is 1. The highest BCUT2D eigenvalue weighted by atomic mass is 35.5. The number of fused-ring (bicyclic) bond motifs is 1. The monoisotopic (exact) mass is 343 g/mol. The molecule has 24 heavy (non-hydrogen) atoms. The third-order valence-electron chi connectivity index (χ3n) is 3.83. The van der Waals surface area contributed by atoms with Crippen molar-refractivity contribution in [3.8, 4) is 0 Å². The van der Waals surface area contributed by atoms with Crippen molar-refractivity contribution in [1.82, 2.24) is 14.3 Å². The Hall–Kier alpha value is -2.37. The molecule has 0 saturated carbocycles. The standard InChI is InChI=1S/C18H18ClN3O2/c1-13-17(22-12-15(19)7-8-16(22)20-13)18(24)21(9-10-23)11-14-5-3-2-4-6-14/h2-8,12,23H,9-11H2,1H3. The first-order valence-electron chi connectivity index (χ1n) is 7.68. The molecule has 1 N–H and O–H groups in total. The Morgan fingerprint density at radius 3 is 2.71 bits per heavy atom. The van der Waals surface area contributed by atoms with Gasteiger partial charge in [-0.15, -0.1) is 0 Å². The summed E-state index contributed by atoms with van der Waals surface area (Å²) in [5.41, 5.74) is 2.78. The Balaban J connectivity index is 1.98. The number of rotatable bonds is 5. The van der Waals surface area contributed by atoms with Gasteiger partial charge in [0.1, 0.15) is 11.3 Å². The number of pyridine rings is 1. The molecular weight excluding hydrogens is 326 g/mol. The van der Waals surface area contributed by atoms with Crippen molar-refractivity contribution in [1.29, 1.82) is 0 Å². The van der Waals surface area contributed by atoms with E-state index in [-0.39, 0.29) is 19.1 Å². The highest BCUT2D eigenvalue weighted by Gasteiger charge is 2.22. The summed E-state index contributed by atoms with van der Waals surface area (Å²) in [6, 6.07) is 13.2. The summed E-state index contributed by atoms with van der Waals surface area (Å²) in [4.78, 5) is 19.1. The number of benzene rings is 1. The van der Waals surface area contributed by atoms with E-state index in [1.807, 2.05) is 30.3 Å². The third-order valence-corrected chi connectivity index (χ3v) is 4.06. The first-order chi connectivity index (χ1) is 11.6. The van der Waals surface area contributed by atoms with E-state index in [4.69, 9.17) is 11.6 Å². The van der Waals surface area contributed by atoms with Gasteiger partial charge in [0.05, 0.1) is 17.3 Å². The highest BCUT2D eigenvalue weighted by Crippen LogP contribution is 2.19. The van der Waals surface area contributed by atoms with Gasteiger partial charge in [-0.1, -0.05) is 41.9 Å². The maximum absolute atomic E-state index is 13.1. The van der Waals surface area contributed by atoms with Crippen LogP contribution in [0, 0.1) is 6.92 Å². The van der Waals surface area contributed by atoms with E-state index < -0.39 is 0 Å². The van der Waals surface area contributed by atoms with Gasteiger partial charge in [-0.2, -0.15) is 0 Å². The number of hydrogen-bond donors (Lipinski definition) is 1. The van der Waals surface area contributed by atoms with Gasteiger partial charge in [0.2, 0.25) is 0 Å². The van der Waals surface area contributed by atoms with E-state index in [2.05, 4.69) is 4.98 Å². The van der Waals surface area contributed by atoms with Crippen molar-refractivity contribution in [2.75, 3.05) is 13.2 Å². The molecular formula is C18H18ClN3O2. The summed E-state index contributed by atoms with van der Waals surface area (Å²) >= 11 is 6.06. The van der Waals surface area contributed by atoms with E-state index in [0.29, 0.717) is 28.6 Å². The number of hydrogen-bond acceptors (Lipinski definition) is 3. The van der Waals surface area contributed by atoms with Crippen molar-refractivity contribution in [2.24, 2.45) is 0 Å². The van der Waals surface area contributed by atoms with Crippen LogP contribution in [0.2, 0.25) is 5.02 Å². The second-order valence-electron chi connectivity index (χ2n) is 5.56. The summed E-state index contributed by atoms with van der Waals surface area (Å²) in [6.07, 6.45) is 1.68. The molecule has 6 heteroatoms. The molecule has 2 heterocycles. The quantitative estimate of drug-likeness (QED) is 0.775. The lowest BCUT2D eigenvalue weighted by Crippen LogP contribution is -2.34. The molecule has 0 aliphatic rings. The minimum Gasteiger partial charge on any atom is -0.395 e. The first kappa shape index (κ1) is 16.5. The summed E-state index contributed by atoms with van der Waals surface area (Å²) in [5.74, 6) is -0.180. The molecule has 0 fully saturated rings. The molecule has 2 aromatic heterocycles. The van der Waals surface area contributed by atoms with E-state index >= 15 is 0 Å². The molecule has 3 rings (SSSR count). The van der Waals surface area contributed by atoms with Gasteiger partial charge in [-0.25, -0.2) is 4.98 Å². The van der Waals surface area contributed by atoms with Crippen molar-refractivity contribution >= 4 is 23.2 Å². The lowest BCUT2D eigenvalue weighted by Gasteiger charge is -2.22. The number of aryl methyl sites for hydroxylation is 1. The van der Waals surface area contributed by atoms with Gasteiger partial charge in [0, 0.05) is 19.3 Å². The molecule has 0 aliphatic carbocycles. The maximum Gasteiger partial charge on any atom is 0.273 e. The van der Waals surface area contributed by atoms with Gasteiger partial charge in [0.25, 0.3) is 5.91 Å². The number of carbonyl (C=O) groups is 1. The van der Waals surface area contributed by atoms with Gasteiger partial charge in [-0.3, -0.25) is 9.20 Å². The Kier molecular flexibility index (Phi) is 4.83. The number of carbonyl (C=O) groups excluding carboxylic acids is 1. The molecule has 0 radical (unpaired) electrons. The molecule has 3 aromatic rings. The highest BCUT2D eigenvalue weighted by molar-refractivity contribution is 6.30. The fourth-order valence-corrected chi connectivity index (χ4v) is 2.88. The van der Waals surface area contributed by atoms with Crippen LogP contribution in [0.15, 0.2) is 48.7 Å². The molecule has 0 spiro atoms. The lowest BCUT2D eigenvalue weighted by atomic mass is 10.2. The Labute approximate surface area is 145 Å². The largest absolute Gasteiger partial charge is 0.395 e. The number of halogens is 1. The molecule has 1 amide bonds. The Morgan fingerprint density at radius 1 is 1.25 bits per heavy atom. The molecule has 1 aromatic carbocycles. The number of imidazole rings is 1. The van der Waals surface area contributed by atoms with E-state index in [1.54, 1.807) is 34.6 Å². The minimum absolute atomic E-state index is 0.102. The first-order valence-corrected chi connectivity index (χ1v) is 8.06. The second kappa shape index (κ2) is 7.03. The third kappa shape index (κ3) is 3.27. The van der Waals surface area contributed by atoms with Gasteiger partial charge in [-0.05, 0) is 24.6 Å². The number of aromatic nitrogens is 2. The molecule has 0 aliphatic heterocycles. The number of amides is 1. The Bertz CT molecular complexity index is 861. The fraction of sp³-hybridized carbons (Fsp3) is 0.222. The normalized spacial score (nSPS) is 11.0. The van der Waals surface area contributed by atoms with E-state index in [9.17, 15) is 9.90 Å². The zero-order chi connectivity index (χ0) is 17.1. The van der Waals surface area contributed by atoms with Crippen molar-refractivity contribution in [3.63, 3.8) is 0 Å². The van der Waals surface area contributed by atoms with Crippen LogP contribution in [0.4, 0.5) is 0 Å². The number of nitrogens with zero attached hydrogens (tertiary/aromatic N) is 3. The molecule has 124 valence electrons. The van der Waals surface area contributed by atoms with Crippen LogP contribution in [-0.4, -0.2) is 38.4 Å². The topological polar surface area (TPSA) is 57.8 Å². The summed E-state index contributed by atoms with van der Waals surface area (Å²) in [5, 5.41) is 9.88. The predicted octanol–water partition coefficient (Wildman–Crippen LogP) is 2.93. The summed E-state index contributed by atoms with van der Waals surface area (Å²) < 4.78 is 1.70. The van der Waals surface area contributed by atoms with Crippen molar-refractivity contribution < 1.29 is 9.90 Å². The van der Waals surface area contributed by atoms with Crippen molar-refractivity contribution in [2.45, 2.75) is 13.5 Å². The zero-order valence-electron chi connectivity index (χ0n) is 13.3. The molecule has 0 saturated heterocycles. The van der Waals surface area contributed by atoms with Crippen LogP contribution >= 0.6 is 11.6 Å². The zero-order valence-corrected chi connectivity index (χ0v) is 14.1. The van der Waals surface area contributed by atoms with Crippen LogP contribution in [0.5, 0.6) is 0 Å². The lowest BCUT2D eigenvalue weighted by molar-refractivity contribution is 0.0700. The molecule has 5 nitrogen and oxygen atoms in total. The van der Waals surface area contributed by atoms with Crippen LogP contribution in [0.3, 0.4) is 0 Å². The average molecular weight is 344 g/mol. The van der Waals surface area contributed by atoms with E-state index in [1.165, 1.54) is 0 Å². The molecule has 0 atom stereocenters. The smallest absolute Gasteiger partial charge is 0.273 e. The fourth-order valence-electron chi connectivity index (χ4n) is 2.72. The molecule has 0 unspecified atom stereocenters. The second-order valence-corrected chi connectivity index (χ2v) is 5.99. The molecule has 0 bridgehead atoms. The van der Waals surface area contributed by atoms with Crippen LogP contribution in [-0.2, 0) is 6.54 Å². The number of aliphatic hydroxyl groups excluding tert-OH is 1. The van der Waals surface area contributed by atoms with Gasteiger partial charge >= 0.3 is 0 Å². The van der Waals surface area contributed by atoms with Gasteiger partial charge < -0.3 is 10.0 Å². The van der Waals surface area contributed by atoms with E-state index in [0.717, 1.165) is 5.56 Å². The van der Waals surface area contributed by atoms with Crippen LogP contribution in [0.25, 0.3) is 5.65 Å². The van der Waals surface area contributed by atoms with Crippen LogP contribution < -0.4 is 0 Å². The predicted molar refractivity (Wildman–Crippen MR) is 93.2 cm³/mol. The minimum atomic E-state index is -0.180. The van der Waals surface area contributed by atoms with Gasteiger partial charge in [0.15, 0.2) is 0 Å². The SMILES string of the molecule is Cc1nc2ccc(Cl)cn2c1C(=O)N(CCO)Cc1ccccc1. The average Bonchev–Trinajstić information content (AvgIpc) is 2.90.